The molecular formula is C24H37NO6. The van der Waals surface area contributed by atoms with Crippen molar-refractivity contribution in [3.63, 3.8) is 0 Å². The fraction of sp³-hybridized carbons (Fsp3) is 0.792. The van der Waals surface area contributed by atoms with E-state index < -0.39 is 17.4 Å². The summed E-state index contributed by atoms with van der Waals surface area (Å²) >= 11 is 0. The van der Waals surface area contributed by atoms with Gasteiger partial charge in [0.05, 0.1) is 12.5 Å². The molecule has 0 spiro atoms. The van der Waals surface area contributed by atoms with Gasteiger partial charge in [0.15, 0.2) is 5.78 Å². The van der Waals surface area contributed by atoms with Gasteiger partial charge in [0.2, 0.25) is 0 Å². The standard InChI is InChI=1S/C24H37NO6/c1-14-15(13-17(26)31-12-11-25-4)7-8-16-18(14)19(27)20(28)21-23(16,2)9-6-10-24(21,3)22(29)30-5/h13-14,16,18-19,21,25,27H,6-12H2,1-5H3. The molecule has 0 aromatic heterocycles. The Balaban J connectivity index is 1.90. The zero-order valence-corrected chi connectivity index (χ0v) is 19.4. The lowest BCUT2D eigenvalue weighted by Crippen LogP contribution is -2.65. The fourth-order valence-corrected chi connectivity index (χ4v) is 6.96. The van der Waals surface area contributed by atoms with Crippen molar-refractivity contribution in [2.75, 3.05) is 27.3 Å². The Kier molecular flexibility index (Phi) is 6.96. The van der Waals surface area contributed by atoms with Crippen molar-refractivity contribution < 1.29 is 29.0 Å². The molecule has 7 nitrogen and oxygen atoms in total. The molecule has 0 amide bonds. The highest BCUT2D eigenvalue weighted by Gasteiger charge is 2.66. The van der Waals surface area contributed by atoms with Gasteiger partial charge in [-0.05, 0) is 56.9 Å². The van der Waals surface area contributed by atoms with Crippen LogP contribution in [0.25, 0.3) is 0 Å². The summed E-state index contributed by atoms with van der Waals surface area (Å²) in [6.07, 6.45) is 4.18. The van der Waals surface area contributed by atoms with Crippen molar-refractivity contribution in [1.82, 2.24) is 5.32 Å². The van der Waals surface area contributed by atoms with Gasteiger partial charge in [-0.1, -0.05) is 25.8 Å². The highest BCUT2D eigenvalue weighted by molar-refractivity contribution is 5.93. The largest absolute Gasteiger partial charge is 0.469 e. The predicted molar refractivity (Wildman–Crippen MR) is 115 cm³/mol. The van der Waals surface area contributed by atoms with Crippen LogP contribution in [0.1, 0.15) is 52.9 Å². The molecular weight excluding hydrogens is 398 g/mol. The zero-order valence-electron chi connectivity index (χ0n) is 19.4. The minimum atomic E-state index is -1.15. The second-order valence-corrected chi connectivity index (χ2v) is 10.1. The minimum absolute atomic E-state index is 0.0990. The molecule has 0 aliphatic heterocycles. The van der Waals surface area contributed by atoms with E-state index in [1.165, 1.54) is 7.11 Å². The monoisotopic (exact) mass is 435 g/mol. The summed E-state index contributed by atoms with van der Waals surface area (Å²) in [5.74, 6) is -1.83. The van der Waals surface area contributed by atoms with Crippen LogP contribution in [0.15, 0.2) is 11.6 Å². The highest BCUT2D eigenvalue weighted by atomic mass is 16.5. The molecule has 3 aliphatic carbocycles. The van der Waals surface area contributed by atoms with Crippen LogP contribution < -0.4 is 5.32 Å². The quantitative estimate of drug-likeness (QED) is 0.388. The number of rotatable bonds is 5. The number of ketones is 1. The van der Waals surface area contributed by atoms with Gasteiger partial charge in [0.25, 0.3) is 0 Å². The fourth-order valence-electron chi connectivity index (χ4n) is 6.96. The van der Waals surface area contributed by atoms with Gasteiger partial charge in [-0.15, -0.1) is 0 Å². The van der Waals surface area contributed by atoms with E-state index in [9.17, 15) is 19.5 Å². The maximum atomic E-state index is 13.5. The van der Waals surface area contributed by atoms with E-state index >= 15 is 0 Å². The van der Waals surface area contributed by atoms with E-state index in [0.29, 0.717) is 19.6 Å². The Hall–Kier alpha value is -1.73. The van der Waals surface area contributed by atoms with E-state index in [1.807, 2.05) is 13.8 Å². The first-order chi connectivity index (χ1) is 14.6. The molecule has 7 unspecified atom stereocenters. The number of methoxy groups -OCH3 is 1. The molecule has 0 radical (unpaired) electrons. The number of aliphatic hydroxyl groups excluding tert-OH is 1. The number of fused-ring (bicyclic) bond motifs is 3. The number of hydrogen-bond donors (Lipinski definition) is 2. The molecule has 0 heterocycles. The number of carbonyl (C=O) groups is 3. The number of hydrogen-bond acceptors (Lipinski definition) is 7. The molecule has 0 aromatic carbocycles. The summed E-state index contributed by atoms with van der Waals surface area (Å²) in [5, 5.41) is 14.1. The normalized spacial score (nSPS) is 41.3. The first kappa shape index (κ1) is 23.9. The van der Waals surface area contributed by atoms with Crippen LogP contribution in [0, 0.1) is 34.5 Å². The number of likely N-dealkylation sites (N-methyl/N-ethyl adjacent to an activating group) is 1. The Morgan fingerprint density at radius 2 is 2.00 bits per heavy atom. The Labute approximate surface area is 184 Å². The summed E-state index contributed by atoms with van der Waals surface area (Å²) in [5.41, 5.74) is -0.368. The zero-order chi connectivity index (χ0) is 23.0. The van der Waals surface area contributed by atoms with Crippen molar-refractivity contribution >= 4 is 17.7 Å². The Morgan fingerprint density at radius 3 is 2.65 bits per heavy atom. The molecule has 0 bridgehead atoms. The van der Waals surface area contributed by atoms with Crippen LogP contribution >= 0.6 is 0 Å². The second kappa shape index (κ2) is 9.02. The number of ether oxygens (including phenoxy) is 2. The molecule has 174 valence electrons. The Morgan fingerprint density at radius 1 is 1.29 bits per heavy atom. The molecule has 2 N–H and O–H groups in total. The molecule has 3 fully saturated rings. The van der Waals surface area contributed by atoms with Crippen LogP contribution in [0.4, 0.5) is 0 Å². The molecule has 7 atom stereocenters. The van der Waals surface area contributed by atoms with E-state index in [-0.39, 0.29) is 40.9 Å². The maximum Gasteiger partial charge on any atom is 0.330 e. The molecule has 0 saturated heterocycles. The molecule has 3 saturated carbocycles. The van der Waals surface area contributed by atoms with Gasteiger partial charge in [0, 0.05) is 24.5 Å². The lowest BCUT2D eigenvalue weighted by atomic mass is 9.42. The summed E-state index contributed by atoms with van der Waals surface area (Å²) in [6.45, 7) is 6.82. The third kappa shape index (κ3) is 3.95. The third-order valence-corrected chi connectivity index (χ3v) is 8.42. The molecule has 3 aliphatic rings. The summed E-state index contributed by atoms with van der Waals surface area (Å²) in [7, 11) is 3.16. The van der Waals surface area contributed by atoms with Crippen LogP contribution in [-0.4, -0.2) is 56.2 Å². The summed E-state index contributed by atoms with van der Waals surface area (Å²) < 4.78 is 10.3. The molecule has 31 heavy (non-hydrogen) atoms. The Bertz CT molecular complexity index is 763. The van der Waals surface area contributed by atoms with Crippen LogP contribution in [0.5, 0.6) is 0 Å². The first-order valence-electron chi connectivity index (χ1n) is 11.4. The van der Waals surface area contributed by atoms with Crippen molar-refractivity contribution in [2.24, 2.45) is 34.5 Å². The first-order valence-corrected chi connectivity index (χ1v) is 11.4. The number of nitrogens with one attached hydrogen (secondary N) is 1. The van der Waals surface area contributed by atoms with Gasteiger partial charge in [-0.3, -0.25) is 9.59 Å². The lowest BCUT2D eigenvalue weighted by Gasteiger charge is -2.61. The third-order valence-electron chi connectivity index (χ3n) is 8.42. The van der Waals surface area contributed by atoms with Crippen LogP contribution in [-0.2, 0) is 23.9 Å². The van der Waals surface area contributed by atoms with E-state index in [1.54, 1.807) is 13.1 Å². The van der Waals surface area contributed by atoms with E-state index in [4.69, 9.17) is 9.47 Å². The van der Waals surface area contributed by atoms with Crippen molar-refractivity contribution in [2.45, 2.75) is 59.0 Å². The van der Waals surface area contributed by atoms with Crippen LogP contribution in [0.2, 0.25) is 0 Å². The average molecular weight is 436 g/mol. The summed E-state index contributed by atoms with van der Waals surface area (Å²) in [6, 6.07) is 0. The van der Waals surface area contributed by atoms with Gasteiger partial charge in [-0.25, -0.2) is 4.79 Å². The van der Waals surface area contributed by atoms with Crippen molar-refractivity contribution in [1.29, 1.82) is 0 Å². The molecule has 7 heteroatoms. The highest BCUT2D eigenvalue weighted by Crippen LogP contribution is 2.64. The van der Waals surface area contributed by atoms with Gasteiger partial charge in [0.1, 0.15) is 12.7 Å². The number of esters is 2. The maximum absolute atomic E-state index is 13.5. The second-order valence-electron chi connectivity index (χ2n) is 10.1. The van der Waals surface area contributed by atoms with E-state index in [0.717, 1.165) is 31.3 Å². The molecule has 3 rings (SSSR count). The van der Waals surface area contributed by atoms with Crippen LogP contribution in [0.3, 0.4) is 0 Å². The van der Waals surface area contributed by atoms with Gasteiger partial charge in [-0.2, -0.15) is 0 Å². The van der Waals surface area contributed by atoms with Gasteiger partial charge < -0.3 is 19.9 Å². The number of carbonyl (C=O) groups excluding carboxylic acids is 3. The minimum Gasteiger partial charge on any atom is -0.469 e. The molecule has 0 aromatic rings. The number of aliphatic hydroxyl groups is 1. The van der Waals surface area contributed by atoms with Gasteiger partial charge >= 0.3 is 11.9 Å². The topological polar surface area (TPSA) is 102 Å². The summed E-state index contributed by atoms with van der Waals surface area (Å²) in [4.78, 5) is 38.5. The van der Waals surface area contributed by atoms with Crippen molar-refractivity contribution in [3.8, 4) is 0 Å². The number of Topliss-reactive ketones (excluding diaryl/α,β-unsaturated/α-hetero) is 1. The predicted octanol–water partition coefficient (Wildman–Crippen LogP) is 2.27. The van der Waals surface area contributed by atoms with Crippen molar-refractivity contribution in [3.05, 3.63) is 11.6 Å². The van der Waals surface area contributed by atoms with E-state index in [2.05, 4.69) is 12.2 Å². The SMILES string of the molecule is CNCCOC(=O)C=C1CCC2C(C1C)C(O)C(=O)C1C(C)(C(=O)OC)CCCC21C. The lowest BCUT2D eigenvalue weighted by molar-refractivity contribution is -0.193. The average Bonchev–Trinajstić information content (AvgIpc) is 2.73. The number of allylic oxidation sites excluding steroid dienone is 1. The smallest absolute Gasteiger partial charge is 0.330 e.